The molecule has 1 aliphatic rings. The third kappa shape index (κ3) is 4.04. The zero-order valence-corrected chi connectivity index (χ0v) is 14.6. The molecule has 0 saturated carbocycles. The second kappa shape index (κ2) is 7.46. The number of carbonyl (C=O) groups excluding carboxylic acids is 1. The maximum absolute atomic E-state index is 12.3. The zero-order chi connectivity index (χ0) is 17.8. The Balaban J connectivity index is 1.87. The Kier molecular flexibility index (Phi) is 5.11. The average molecular weight is 341 g/mol. The molecule has 0 radical (unpaired) electrons. The first-order chi connectivity index (χ1) is 12.0. The van der Waals surface area contributed by atoms with Crippen LogP contribution in [0.1, 0.15) is 26.2 Å². The molecule has 132 valence electrons. The van der Waals surface area contributed by atoms with Crippen LogP contribution in [0.5, 0.6) is 0 Å². The molecule has 0 spiro atoms. The summed E-state index contributed by atoms with van der Waals surface area (Å²) >= 11 is 0. The summed E-state index contributed by atoms with van der Waals surface area (Å²) < 4.78 is 1.51. The maximum Gasteiger partial charge on any atom is 0.255 e. The van der Waals surface area contributed by atoms with Crippen LogP contribution in [0.4, 0.5) is 5.95 Å². The van der Waals surface area contributed by atoms with Crippen LogP contribution in [0.25, 0.3) is 11.3 Å². The van der Waals surface area contributed by atoms with Crippen LogP contribution in [-0.2, 0) is 11.8 Å². The van der Waals surface area contributed by atoms with Crippen LogP contribution in [0.15, 0.2) is 35.4 Å². The molecule has 0 aromatic carbocycles. The van der Waals surface area contributed by atoms with Gasteiger partial charge in [0.05, 0.1) is 5.69 Å². The number of hydrogen-bond acceptors (Lipinski definition) is 5. The van der Waals surface area contributed by atoms with Gasteiger partial charge in [0, 0.05) is 57.1 Å². The smallest absolute Gasteiger partial charge is 0.255 e. The number of pyridine rings is 1. The van der Waals surface area contributed by atoms with Crippen molar-refractivity contribution in [1.29, 1.82) is 0 Å². The van der Waals surface area contributed by atoms with Gasteiger partial charge in [-0.1, -0.05) is 0 Å². The predicted molar refractivity (Wildman–Crippen MR) is 96.2 cm³/mol. The molecule has 3 heterocycles. The molecule has 25 heavy (non-hydrogen) atoms. The van der Waals surface area contributed by atoms with Crippen molar-refractivity contribution in [2.24, 2.45) is 7.05 Å². The minimum Gasteiger partial charge on any atom is -0.351 e. The van der Waals surface area contributed by atoms with Gasteiger partial charge in [-0.2, -0.15) is 0 Å². The fourth-order valence-corrected chi connectivity index (χ4v) is 3.07. The lowest BCUT2D eigenvalue weighted by atomic mass is 10.1. The highest BCUT2D eigenvalue weighted by molar-refractivity contribution is 5.73. The van der Waals surface area contributed by atoms with Crippen LogP contribution in [0.2, 0.25) is 0 Å². The molecule has 0 aliphatic carbocycles. The lowest BCUT2D eigenvalue weighted by Gasteiger charge is -2.25. The zero-order valence-electron chi connectivity index (χ0n) is 14.6. The summed E-state index contributed by atoms with van der Waals surface area (Å²) in [5, 5.41) is 3.37. The standard InChI is InChI=1S/C18H23N5O2/c1-13(24)23-10-4-3-5-15(12-23)20-18-21-16(11-17(25)22(18)2)14-6-8-19-9-7-14/h6-9,11,15H,3-5,10,12H2,1-2H3,(H,20,21)/t15-/m1/s1. The highest BCUT2D eigenvalue weighted by Gasteiger charge is 2.21. The van der Waals surface area contributed by atoms with Crippen LogP contribution in [-0.4, -0.2) is 44.5 Å². The number of likely N-dealkylation sites (tertiary alicyclic amines) is 1. The average Bonchev–Trinajstić information content (AvgIpc) is 2.85. The van der Waals surface area contributed by atoms with Gasteiger partial charge in [-0.05, 0) is 31.4 Å². The Bertz CT molecular complexity index is 803. The van der Waals surface area contributed by atoms with Gasteiger partial charge < -0.3 is 10.2 Å². The van der Waals surface area contributed by atoms with Gasteiger partial charge >= 0.3 is 0 Å². The Morgan fingerprint density at radius 2 is 2.04 bits per heavy atom. The van der Waals surface area contributed by atoms with Gasteiger partial charge in [-0.15, -0.1) is 0 Å². The van der Waals surface area contributed by atoms with E-state index in [1.54, 1.807) is 26.4 Å². The van der Waals surface area contributed by atoms with E-state index < -0.39 is 0 Å². The Labute approximate surface area is 146 Å². The van der Waals surface area contributed by atoms with Crippen molar-refractivity contribution < 1.29 is 4.79 Å². The highest BCUT2D eigenvalue weighted by Crippen LogP contribution is 2.18. The molecular weight excluding hydrogens is 318 g/mol. The summed E-state index contributed by atoms with van der Waals surface area (Å²) in [5.74, 6) is 0.607. The van der Waals surface area contributed by atoms with Crippen molar-refractivity contribution in [3.8, 4) is 11.3 Å². The van der Waals surface area contributed by atoms with Crippen molar-refractivity contribution >= 4 is 11.9 Å². The SMILES string of the molecule is CC(=O)N1CCCC[C@@H](Nc2nc(-c3ccncc3)cc(=O)n2C)C1. The maximum atomic E-state index is 12.3. The summed E-state index contributed by atoms with van der Waals surface area (Å²) in [7, 11) is 1.70. The van der Waals surface area contributed by atoms with Crippen LogP contribution < -0.4 is 10.9 Å². The minimum absolute atomic E-state index is 0.0807. The van der Waals surface area contributed by atoms with E-state index in [9.17, 15) is 9.59 Å². The summed E-state index contributed by atoms with van der Waals surface area (Å²) in [6.07, 6.45) is 6.34. The van der Waals surface area contributed by atoms with E-state index in [1.807, 2.05) is 17.0 Å². The third-order valence-electron chi connectivity index (χ3n) is 4.56. The molecule has 0 bridgehead atoms. The van der Waals surface area contributed by atoms with Crippen molar-refractivity contribution in [2.45, 2.75) is 32.2 Å². The second-order valence-electron chi connectivity index (χ2n) is 6.40. The topological polar surface area (TPSA) is 80.1 Å². The van der Waals surface area contributed by atoms with Crippen molar-refractivity contribution in [1.82, 2.24) is 19.4 Å². The molecular formula is C18H23N5O2. The summed E-state index contributed by atoms with van der Waals surface area (Å²) in [6, 6.07) is 5.26. The molecule has 3 rings (SSSR count). The van der Waals surface area contributed by atoms with E-state index >= 15 is 0 Å². The van der Waals surface area contributed by atoms with Gasteiger partial charge in [0.1, 0.15) is 0 Å². The monoisotopic (exact) mass is 341 g/mol. The Hall–Kier alpha value is -2.70. The summed E-state index contributed by atoms with van der Waals surface area (Å²) in [6.45, 7) is 3.02. The van der Waals surface area contributed by atoms with Gasteiger partial charge in [0.2, 0.25) is 11.9 Å². The fraction of sp³-hybridized carbons (Fsp3) is 0.444. The molecule has 1 atom stereocenters. The molecule has 0 unspecified atom stereocenters. The largest absolute Gasteiger partial charge is 0.351 e. The van der Waals surface area contributed by atoms with Crippen LogP contribution in [0, 0.1) is 0 Å². The molecule has 1 fully saturated rings. The van der Waals surface area contributed by atoms with E-state index in [0.717, 1.165) is 31.4 Å². The number of amides is 1. The molecule has 2 aromatic rings. The van der Waals surface area contributed by atoms with Gasteiger partial charge in [0.15, 0.2) is 0 Å². The molecule has 7 heteroatoms. The lowest BCUT2D eigenvalue weighted by Crippen LogP contribution is -2.39. The number of nitrogens with zero attached hydrogens (tertiary/aromatic N) is 4. The number of rotatable bonds is 3. The van der Waals surface area contributed by atoms with Gasteiger partial charge in [-0.25, -0.2) is 4.98 Å². The third-order valence-corrected chi connectivity index (χ3v) is 4.56. The molecule has 1 saturated heterocycles. The number of carbonyl (C=O) groups is 1. The van der Waals surface area contributed by atoms with Crippen LogP contribution >= 0.6 is 0 Å². The second-order valence-corrected chi connectivity index (χ2v) is 6.40. The molecule has 1 amide bonds. The van der Waals surface area contributed by atoms with Gasteiger partial charge in [0.25, 0.3) is 5.56 Å². The predicted octanol–water partition coefficient (Wildman–Crippen LogP) is 1.66. The van der Waals surface area contributed by atoms with E-state index in [4.69, 9.17) is 0 Å². The van der Waals surface area contributed by atoms with Crippen LogP contribution in [0.3, 0.4) is 0 Å². The lowest BCUT2D eigenvalue weighted by molar-refractivity contribution is -0.128. The molecule has 1 N–H and O–H groups in total. The van der Waals surface area contributed by atoms with E-state index in [0.29, 0.717) is 18.2 Å². The molecule has 2 aromatic heterocycles. The quantitative estimate of drug-likeness (QED) is 0.918. The first kappa shape index (κ1) is 17.1. The summed E-state index contributed by atoms with van der Waals surface area (Å²) in [5.41, 5.74) is 1.34. The molecule has 7 nitrogen and oxygen atoms in total. The normalized spacial score (nSPS) is 17.8. The minimum atomic E-state index is -0.124. The highest BCUT2D eigenvalue weighted by atomic mass is 16.2. The Morgan fingerprint density at radius 1 is 1.28 bits per heavy atom. The van der Waals surface area contributed by atoms with E-state index in [1.165, 1.54) is 10.6 Å². The van der Waals surface area contributed by atoms with Crippen molar-refractivity contribution in [3.63, 3.8) is 0 Å². The first-order valence-electron chi connectivity index (χ1n) is 8.55. The number of aromatic nitrogens is 3. The van der Waals surface area contributed by atoms with E-state index in [2.05, 4.69) is 15.3 Å². The number of hydrogen-bond donors (Lipinski definition) is 1. The van der Waals surface area contributed by atoms with E-state index in [-0.39, 0.29) is 17.5 Å². The molecule has 1 aliphatic heterocycles. The van der Waals surface area contributed by atoms with Crippen molar-refractivity contribution in [3.05, 3.63) is 40.9 Å². The number of nitrogens with one attached hydrogen (secondary N) is 1. The Morgan fingerprint density at radius 3 is 2.76 bits per heavy atom. The summed E-state index contributed by atoms with van der Waals surface area (Å²) in [4.78, 5) is 34.5. The first-order valence-corrected chi connectivity index (χ1v) is 8.55. The fourth-order valence-electron chi connectivity index (χ4n) is 3.07. The van der Waals surface area contributed by atoms with Crippen molar-refractivity contribution in [2.75, 3.05) is 18.4 Å². The number of anilines is 1. The van der Waals surface area contributed by atoms with Gasteiger partial charge in [-0.3, -0.25) is 19.1 Å².